The largest absolute Gasteiger partial charge is 0.314 e. The Hall–Kier alpha value is -1.19. The van der Waals surface area contributed by atoms with Crippen molar-refractivity contribution in [2.75, 3.05) is 6.54 Å². The van der Waals surface area contributed by atoms with Crippen LogP contribution in [0.5, 0.6) is 0 Å². The fourth-order valence-electron chi connectivity index (χ4n) is 2.54. The minimum Gasteiger partial charge on any atom is -0.314 e. The van der Waals surface area contributed by atoms with Gasteiger partial charge >= 0.3 is 0 Å². The number of nitrogens with one attached hydrogen (secondary N) is 1. The van der Waals surface area contributed by atoms with Gasteiger partial charge in [-0.15, -0.1) is 11.3 Å². The van der Waals surface area contributed by atoms with E-state index < -0.39 is 0 Å². The molecule has 0 aliphatic rings. The molecule has 0 saturated carbocycles. The maximum absolute atomic E-state index is 4.81. The Bertz CT molecular complexity index is 521. The standard InChI is InChI=1S/C18H26N2S/c1-4-14(3)11-16(19-5-2)12-18-20-17(13-21-18)15-9-7-6-8-10-15/h6-10,13-14,16,19H,4-5,11-12H2,1-3H3. The lowest BCUT2D eigenvalue weighted by atomic mass is 9.97. The molecule has 0 aliphatic heterocycles. The summed E-state index contributed by atoms with van der Waals surface area (Å²) in [4.78, 5) is 4.81. The zero-order valence-electron chi connectivity index (χ0n) is 13.3. The molecule has 0 bridgehead atoms. The molecule has 0 fully saturated rings. The molecular weight excluding hydrogens is 276 g/mol. The molecule has 21 heavy (non-hydrogen) atoms. The molecule has 0 radical (unpaired) electrons. The lowest BCUT2D eigenvalue weighted by molar-refractivity contribution is 0.397. The Morgan fingerprint density at radius 1 is 1.19 bits per heavy atom. The van der Waals surface area contributed by atoms with Gasteiger partial charge in [-0.05, 0) is 18.9 Å². The van der Waals surface area contributed by atoms with Crippen molar-refractivity contribution >= 4 is 11.3 Å². The van der Waals surface area contributed by atoms with E-state index in [1.807, 2.05) is 6.07 Å². The fraction of sp³-hybridized carbons (Fsp3) is 0.500. The Kier molecular flexibility index (Phi) is 6.40. The first-order chi connectivity index (χ1) is 10.2. The summed E-state index contributed by atoms with van der Waals surface area (Å²) in [5.41, 5.74) is 2.32. The van der Waals surface area contributed by atoms with Crippen LogP contribution in [-0.4, -0.2) is 17.6 Å². The summed E-state index contributed by atoms with van der Waals surface area (Å²) in [5.74, 6) is 0.766. The van der Waals surface area contributed by atoms with Crippen LogP contribution in [-0.2, 0) is 6.42 Å². The highest BCUT2D eigenvalue weighted by Gasteiger charge is 2.14. The molecule has 2 nitrogen and oxygen atoms in total. The first kappa shape index (κ1) is 16.2. The molecule has 2 aromatic rings. The molecule has 3 heteroatoms. The van der Waals surface area contributed by atoms with E-state index in [-0.39, 0.29) is 0 Å². The van der Waals surface area contributed by atoms with Gasteiger partial charge in [0.2, 0.25) is 0 Å². The quantitative estimate of drug-likeness (QED) is 0.760. The second-order valence-electron chi connectivity index (χ2n) is 5.70. The molecule has 1 N–H and O–H groups in total. The topological polar surface area (TPSA) is 24.9 Å². The maximum Gasteiger partial charge on any atom is 0.0948 e. The third-order valence-corrected chi connectivity index (χ3v) is 4.79. The number of rotatable bonds is 8. The van der Waals surface area contributed by atoms with Gasteiger partial charge in [0.1, 0.15) is 0 Å². The smallest absolute Gasteiger partial charge is 0.0948 e. The van der Waals surface area contributed by atoms with E-state index in [4.69, 9.17) is 4.98 Å². The average Bonchev–Trinajstić information content (AvgIpc) is 2.97. The fourth-order valence-corrected chi connectivity index (χ4v) is 3.42. The summed E-state index contributed by atoms with van der Waals surface area (Å²) < 4.78 is 0. The molecule has 1 aromatic heterocycles. The van der Waals surface area contributed by atoms with Crippen molar-refractivity contribution in [3.05, 3.63) is 40.7 Å². The van der Waals surface area contributed by atoms with Gasteiger partial charge in [0, 0.05) is 23.4 Å². The van der Waals surface area contributed by atoms with Gasteiger partial charge in [-0.1, -0.05) is 57.5 Å². The highest BCUT2D eigenvalue weighted by Crippen LogP contribution is 2.23. The lowest BCUT2D eigenvalue weighted by Gasteiger charge is -2.20. The van der Waals surface area contributed by atoms with E-state index in [1.165, 1.54) is 23.4 Å². The second kappa shape index (κ2) is 8.30. The van der Waals surface area contributed by atoms with Crippen LogP contribution >= 0.6 is 11.3 Å². The van der Waals surface area contributed by atoms with Crippen molar-refractivity contribution < 1.29 is 0 Å². The van der Waals surface area contributed by atoms with Gasteiger partial charge < -0.3 is 5.32 Å². The molecule has 114 valence electrons. The first-order valence-electron chi connectivity index (χ1n) is 7.96. The first-order valence-corrected chi connectivity index (χ1v) is 8.84. The highest BCUT2D eigenvalue weighted by atomic mass is 32.1. The maximum atomic E-state index is 4.81. The van der Waals surface area contributed by atoms with Crippen molar-refractivity contribution in [2.24, 2.45) is 5.92 Å². The number of thiazole rings is 1. The molecule has 0 spiro atoms. The molecule has 0 amide bonds. The van der Waals surface area contributed by atoms with E-state index in [0.717, 1.165) is 24.6 Å². The molecule has 0 aliphatic carbocycles. The van der Waals surface area contributed by atoms with Crippen LogP contribution in [0.15, 0.2) is 35.7 Å². The van der Waals surface area contributed by atoms with E-state index >= 15 is 0 Å². The monoisotopic (exact) mass is 302 g/mol. The van der Waals surface area contributed by atoms with E-state index in [1.54, 1.807) is 11.3 Å². The molecular formula is C18H26N2S. The zero-order chi connectivity index (χ0) is 15.1. The third kappa shape index (κ3) is 4.94. The summed E-state index contributed by atoms with van der Waals surface area (Å²) in [7, 11) is 0. The minimum atomic E-state index is 0.541. The predicted molar refractivity (Wildman–Crippen MR) is 92.8 cm³/mol. The van der Waals surface area contributed by atoms with Gasteiger partial charge in [-0.25, -0.2) is 4.98 Å². The average molecular weight is 302 g/mol. The minimum absolute atomic E-state index is 0.541. The normalized spacial score (nSPS) is 14.0. The third-order valence-electron chi connectivity index (χ3n) is 3.92. The highest BCUT2D eigenvalue weighted by molar-refractivity contribution is 7.09. The van der Waals surface area contributed by atoms with Crippen LogP contribution in [0.1, 0.15) is 38.6 Å². The van der Waals surface area contributed by atoms with Gasteiger partial charge in [-0.3, -0.25) is 0 Å². The number of likely N-dealkylation sites (N-methyl/N-ethyl adjacent to an activating group) is 1. The van der Waals surface area contributed by atoms with Crippen molar-refractivity contribution in [2.45, 2.75) is 46.1 Å². The summed E-state index contributed by atoms with van der Waals surface area (Å²) in [6, 6.07) is 11.0. The number of benzene rings is 1. The summed E-state index contributed by atoms with van der Waals surface area (Å²) in [5, 5.41) is 7.03. The van der Waals surface area contributed by atoms with E-state index in [9.17, 15) is 0 Å². The number of hydrogen-bond acceptors (Lipinski definition) is 3. The van der Waals surface area contributed by atoms with E-state index in [2.05, 4.69) is 55.7 Å². The zero-order valence-corrected chi connectivity index (χ0v) is 14.1. The SMILES string of the molecule is CCNC(Cc1nc(-c2ccccc2)cs1)CC(C)CC. The summed E-state index contributed by atoms with van der Waals surface area (Å²) in [6.07, 6.45) is 3.51. The number of hydrogen-bond donors (Lipinski definition) is 1. The van der Waals surface area contributed by atoms with Crippen LogP contribution in [0, 0.1) is 5.92 Å². The Morgan fingerprint density at radius 2 is 1.95 bits per heavy atom. The van der Waals surface area contributed by atoms with Crippen LogP contribution in [0.3, 0.4) is 0 Å². The van der Waals surface area contributed by atoms with Crippen LogP contribution in [0.4, 0.5) is 0 Å². The Morgan fingerprint density at radius 3 is 2.62 bits per heavy atom. The predicted octanol–water partition coefficient (Wildman–Crippen LogP) is 4.77. The molecule has 2 unspecified atom stereocenters. The van der Waals surface area contributed by atoms with Gasteiger partial charge in [-0.2, -0.15) is 0 Å². The molecule has 0 saturated heterocycles. The van der Waals surface area contributed by atoms with Crippen molar-refractivity contribution in [3.63, 3.8) is 0 Å². The Balaban J connectivity index is 2.02. The summed E-state index contributed by atoms with van der Waals surface area (Å²) in [6.45, 7) is 7.81. The van der Waals surface area contributed by atoms with Gasteiger partial charge in [0.15, 0.2) is 0 Å². The van der Waals surface area contributed by atoms with Gasteiger partial charge in [0.05, 0.1) is 10.7 Å². The lowest BCUT2D eigenvalue weighted by Crippen LogP contribution is -2.32. The van der Waals surface area contributed by atoms with Crippen LogP contribution in [0.25, 0.3) is 11.3 Å². The molecule has 1 aromatic carbocycles. The van der Waals surface area contributed by atoms with Crippen LogP contribution < -0.4 is 5.32 Å². The summed E-state index contributed by atoms with van der Waals surface area (Å²) >= 11 is 1.78. The van der Waals surface area contributed by atoms with Crippen molar-refractivity contribution in [1.29, 1.82) is 0 Å². The molecule has 1 heterocycles. The molecule has 2 rings (SSSR count). The number of nitrogens with zero attached hydrogens (tertiary/aromatic N) is 1. The number of aromatic nitrogens is 1. The van der Waals surface area contributed by atoms with Crippen molar-refractivity contribution in [3.8, 4) is 11.3 Å². The second-order valence-corrected chi connectivity index (χ2v) is 6.64. The van der Waals surface area contributed by atoms with E-state index in [0.29, 0.717) is 6.04 Å². The Labute approximate surface area is 132 Å². The molecule has 2 atom stereocenters. The van der Waals surface area contributed by atoms with Crippen LogP contribution in [0.2, 0.25) is 0 Å². The van der Waals surface area contributed by atoms with Crippen molar-refractivity contribution in [1.82, 2.24) is 10.3 Å². The van der Waals surface area contributed by atoms with Gasteiger partial charge in [0.25, 0.3) is 0 Å².